The number of halogens is 5. The van der Waals surface area contributed by atoms with Gasteiger partial charge in [-0.2, -0.15) is 13.2 Å². The minimum Gasteiger partial charge on any atom is -0.491 e. The zero-order valence-electron chi connectivity index (χ0n) is 21.3. The van der Waals surface area contributed by atoms with E-state index in [1.54, 1.807) is 30.3 Å². The lowest BCUT2D eigenvalue weighted by atomic mass is 9.96. The van der Waals surface area contributed by atoms with Crippen molar-refractivity contribution in [3.63, 3.8) is 0 Å². The van der Waals surface area contributed by atoms with Gasteiger partial charge in [-0.05, 0) is 65.9 Å². The van der Waals surface area contributed by atoms with Gasteiger partial charge in [-0.3, -0.25) is 0 Å². The van der Waals surface area contributed by atoms with Crippen molar-refractivity contribution in [3.8, 4) is 22.6 Å². The molecular formula is C28H26Cl2F3NO7. The number of fused-ring (bicyclic) bond motifs is 1. The number of ether oxygens (including phenoxy) is 2. The van der Waals surface area contributed by atoms with E-state index in [4.69, 9.17) is 47.7 Å². The molecule has 0 fully saturated rings. The van der Waals surface area contributed by atoms with Crippen LogP contribution < -0.4 is 14.8 Å². The molecule has 2 atom stereocenters. The molecule has 1 heterocycles. The van der Waals surface area contributed by atoms with Gasteiger partial charge in [-0.1, -0.05) is 41.4 Å². The Morgan fingerprint density at radius 1 is 1.00 bits per heavy atom. The molecule has 0 saturated heterocycles. The van der Waals surface area contributed by atoms with Gasteiger partial charge in [0.15, 0.2) is 0 Å². The third-order valence-corrected chi connectivity index (χ3v) is 6.62. The van der Waals surface area contributed by atoms with E-state index in [2.05, 4.69) is 11.4 Å². The number of hydrogen-bond donors (Lipinski definition) is 4. The standard InChI is InChI=1S/C26H25Cl2NO5.C2HF3O2/c27-23-9-8-21(12-24(23)28)33-15-20(30)13-29-14-22-7-5-19-11-18(6-10-25(19)34-22)16-1-3-17(4-2-16)26(31)32;3-2(4,5)1(6)7/h1-4,6,8-12,20,22,29-30H,5,7,13-15H2,(H,31,32);(H,6,7)/t20?,22-;/m1./s1. The highest BCUT2D eigenvalue weighted by Gasteiger charge is 2.38. The summed E-state index contributed by atoms with van der Waals surface area (Å²) < 4.78 is 43.4. The molecule has 4 N–H and O–H groups in total. The molecule has 0 radical (unpaired) electrons. The Balaban J connectivity index is 0.000000587. The topological polar surface area (TPSA) is 125 Å². The number of aliphatic carboxylic acids is 1. The maximum absolute atomic E-state index is 11.0. The highest BCUT2D eigenvalue weighted by atomic mass is 35.5. The van der Waals surface area contributed by atoms with Crippen molar-refractivity contribution in [2.75, 3.05) is 19.7 Å². The minimum atomic E-state index is -5.08. The van der Waals surface area contributed by atoms with Crippen LogP contribution in [0.15, 0.2) is 60.7 Å². The molecule has 13 heteroatoms. The number of hydrogen-bond acceptors (Lipinski definition) is 6. The van der Waals surface area contributed by atoms with Crippen molar-refractivity contribution in [3.05, 3.63) is 81.8 Å². The van der Waals surface area contributed by atoms with Gasteiger partial charge in [-0.25, -0.2) is 9.59 Å². The van der Waals surface area contributed by atoms with Crippen LogP contribution in [0.5, 0.6) is 11.5 Å². The fourth-order valence-corrected chi connectivity index (χ4v) is 4.09. The fourth-order valence-electron chi connectivity index (χ4n) is 3.80. The van der Waals surface area contributed by atoms with E-state index < -0.39 is 24.2 Å². The van der Waals surface area contributed by atoms with E-state index in [1.807, 2.05) is 24.3 Å². The SMILES string of the molecule is O=C(O)C(F)(F)F.O=C(O)c1ccc(-c2ccc3c(c2)CC[C@H](CNCC(O)COc2ccc(Cl)c(Cl)c2)O3)cc1. The lowest BCUT2D eigenvalue weighted by molar-refractivity contribution is -0.192. The zero-order chi connectivity index (χ0) is 30.2. The van der Waals surface area contributed by atoms with Gasteiger partial charge >= 0.3 is 18.1 Å². The first-order valence-corrected chi connectivity index (χ1v) is 13.0. The first-order valence-electron chi connectivity index (χ1n) is 12.2. The Kier molecular flexibility index (Phi) is 11.2. The summed E-state index contributed by atoms with van der Waals surface area (Å²) in [6.45, 7) is 1.12. The molecule has 4 rings (SSSR count). The number of carbonyl (C=O) groups is 2. The summed E-state index contributed by atoms with van der Waals surface area (Å²) in [7, 11) is 0. The second kappa shape index (κ2) is 14.4. The minimum absolute atomic E-state index is 0.0105. The van der Waals surface area contributed by atoms with Crippen molar-refractivity contribution < 1.29 is 47.6 Å². The molecule has 3 aromatic carbocycles. The van der Waals surface area contributed by atoms with Crippen LogP contribution in [0.1, 0.15) is 22.3 Å². The number of carboxylic acid groups (broad SMARTS) is 2. The smallest absolute Gasteiger partial charge is 0.490 e. The lowest BCUT2D eigenvalue weighted by Crippen LogP contribution is -2.39. The number of aromatic carboxylic acids is 1. The zero-order valence-corrected chi connectivity index (χ0v) is 22.8. The third kappa shape index (κ3) is 9.82. The molecule has 220 valence electrons. The Bertz CT molecular complexity index is 1350. The summed E-state index contributed by atoms with van der Waals surface area (Å²) in [6.07, 6.45) is -4.01. The molecule has 1 aliphatic rings. The van der Waals surface area contributed by atoms with E-state index in [0.29, 0.717) is 28.9 Å². The normalized spacial score (nSPS) is 15.0. The van der Waals surface area contributed by atoms with Crippen LogP contribution in [0.3, 0.4) is 0 Å². The maximum atomic E-state index is 11.0. The summed E-state index contributed by atoms with van der Waals surface area (Å²) in [5.74, 6) is -2.28. The number of benzene rings is 3. The highest BCUT2D eigenvalue weighted by molar-refractivity contribution is 6.42. The van der Waals surface area contributed by atoms with Crippen LogP contribution in [-0.4, -0.2) is 65.3 Å². The molecular weight excluding hydrogens is 590 g/mol. The van der Waals surface area contributed by atoms with Gasteiger partial charge in [0, 0.05) is 19.2 Å². The Labute approximate surface area is 243 Å². The number of alkyl halides is 3. The van der Waals surface area contributed by atoms with Crippen molar-refractivity contribution in [1.82, 2.24) is 5.32 Å². The fraction of sp³-hybridized carbons (Fsp3) is 0.286. The molecule has 1 unspecified atom stereocenters. The lowest BCUT2D eigenvalue weighted by Gasteiger charge is -2.27. The number of carboxylic acids is 2. The van der Waals surface area contributed by atoms with Gasteiger partial charge in [0.1, 0.15) is 30.3 Å². The molecule has 41 heavy (non-hydrogen) atoms. The maximum Gasteiger partial charge on any atom is 0.490 e. The third-order valence-electron chi connectivity index (χ3n) is 5.88. The van der Waals surface area contributed by atoms with Gasteiger partial charge in [0.05, 0.1) is 15.6 Å². The summed E-state index contributed by atoms with van der Waals surface area (Å²) in [4.78, 5) is 19.9. The molecule has 0 saturated carbocycles. The molecule has 0 bridgehead atoms. The highest BCUT2D eigenvalue weighted by Crippen LogP contribution is 2.32. The van der Waals surface area contributed by atoms with E-state index in [1.165, 1.54) is 0 Å². The van der Waals surface area contributed by atoms with Gasteiger partial charge in [-0.15, -0.1) is 0 Å². The van der Waals surface area contributed by atoms with Crippen LogP contribution in [-0.2, 0) is 11.2 Å². The molecule has 0 aromatic heterocycles. The van der Waals surface area contributed by atoms with E-state index in [9.17, 15) is 23.1 Å². The van der Waals surface area contributed by atoms with Crippen molar-refractivity contribution in [1.29, 1.82) is 0 Å². The van der Waals surface area contributed by atoms with Crippen LogP contribution >= 0.6 is 23.2 Å². The first-order chi connectivity index (χ1) is 19.3. The predicted molar refractivity (Wildman–Crippen MR) is 146 cm³/mol. The molecule has 0 spiro atoms. The average molecular weight is 616 g/mol. The molecule has 8 nitrogen and oxygen atoms in total. The number of aliphatic hydroxyl groups is 1. The largest absolute Gasteiger partial charge is 0.491 e. The summed E-state index contributed by atoms with van der Waals surface area (Å²) in [6, 6.07) is 17.9. The Morgan fingerprint density at radius 3 is 2.27 bits per heavy atom. The van der Waals surface area contributed by atoms with Crippen molar-refractivity contribution in [2.24, 2.45) is 0 Å². The predicted octanol–water partition coefficient (Wildman–Crippen LogP) is 5.72. The molecule has 3 aromatic rings. The molecule has 0 amide bonds. The monoisotopic (exact) mass is 615 g/mol. The van der Waals surface area contributed by atoms with Crippen LogP contribution in [0, 0.1) is 0 Å². The van der Waals surface area contributed by atoms with Crippen LogP contribution in [0.4, 0.5) is 13.2 Å². The summed E-state index contributed by atoms with van der Waals surface area (Å²) in [5, 5.41) is 30.5. The first kappa shape index (κ1) is 32.0. The van der Waals surface area contributed by atoms with Gasteiger partial charge in [0.25, 0.3) is 0 Å². The van der Waals surface area contributed by atoms with Crippen molar-refractivity contribution in [2.45, 2.75) is 31.2 Å². The second-order valence-corrected chi connectivity index (χ2v) is 9.80. The number of aryl methyl sites for hydroxylation is 1. The summed E-state index contributed by atoms with van der Waals surface area (Å²) in [5.41, 5.74) is 3.40. The van der Waals surface area contributed by atoms with Crippen LogP contribution in [0.25, 0.3) is 11.1 Å². The number of nitrogens with one attached hydrogen (secondary N) is 1. The van der Waals surface area contributed by atoms with Gasteiger partial charge in [0.2, 0.25) is 0 Å². The summed E-state index contributed by atoms with van der Waals surface area (Å²) >= 11 is 11.9. The van der Waals surface area contributed by atoms with E-state index >= 15 is 0 Å². The average Bonchev–Trinajstić information content (AvgIpc) is 2.93. The number of rotatable bonds is 9. The van der Waals surface area contributed by atoms with Gasteiger partial charge < -0.3 is 30.1 Å². The quantitative estimate of drug-likeness (QED) is 0.241. The second-order valence-electron chi connectivity index (χ2n) is 8.99. The van der Waals surface area contributed by atoms with E-state index in [0.717, 1.165) is 35.3 Å². The van der Waals surface area contributed by atoms with E-state index in [-0.39, 0.29) is 18.3 Å². The molecule has 1 aliphatic heterocycles. The Hall–Kier alpha value is -3.51. The Morgan fingerprint density at radius 2 is 1.66 bits per heavy atom. The van der Waals surface area contributed by atoms with Crippen LogP contribution in [0.2, 0.25) is 10.0 Å². The number of aliphatic hydroxyl groups excluding tert-OH is 1. The molecule has 0 aliphatic carbocycles. The van der Waals surface area contributed by atoms with Crippen molar-refractivity contribution >= 4 is 35.1 Å².